The van der Waals surface area contributed by atoms with E-state index < -0.39 is 0 Å². The van der Waals surface area contributed by atoms with Crippen LogP contribution in [0.4, 0.5) is 4.39 Å². The first-order chi connectivity index (χ1) is 9.01. The molecule has 3 N–H and O–H groups in total. The summed E-state index contributed by atoms with van der Waals surface area (Å²) in [6.45, 7) is 4.58. The van der Waals surface area contributed by atoms with Gasteiger partial charge in [-0.3, -0.25) is 11.3 Å². The Labute approximate surface area is 123 Å². The number of rotatable bonds is 3. The van der Waals surface area contributed by atoms with Gasteiger partial charge in [0.25, 0.3) is 0 Å². The van der Waals surface area contributed by atoms with Gasteiger partial charge in [-0.05, 0) is 70.6 Å². The van der Waals surface area contributed by atoms with Crippen molar-refractivity contribution in [2.45, 2.75) is 39.2 Å². The van der Waals surface area contributed by atoms with Crippen molar-refractivity contribution in [1.82, 2.24) is 5.43 Å². The molecule has 0 saturated heterocycles. The minimum atomic E-state index is -0.227. The van der Waals surface area contributed by atoms with Crippen molar-refractivity contribution in [3.63, 3.8) is 0 Å². The third kappa shape index (κ3) is 3.56. The number of halogens is 2. The fraction of sp³-hybridized carbons (Fsp3) is 0.600. The first kappa shape index (κ1) is 14.9. The molecule has 3 atom stereocenters. The van der Waals surface area contributed by atoms with Crippen LogP contribution in [0.1, 0.15) is 44.7 Å². The second-order valence-corrected chi connectivity index (χ2v) is 6.85. The molecule has 4 heteroatoms. The largest absolute Gasteiger partial charge is 0.271 e. The Morgan fingerprint density at radius 1 is 1.26 bits per heavy atom. The highest BCUT2D eigenvalue weighted by Gasteiger charge is 2.30. The normalized spacial score (nSPS) is 29.2. The molecule has 1 aliphatic carbocycles. The zero-order valence-corrected chi connectivity index (χ0v) is 13.1. The molecule has 1 aromatic rings. The molecular weight excluding hydrogens is 307 g/mol. The second-order valence-electron chi connectivity index (χ2n) is 6.00. The fourth-order valence-electron chi connectivity index (χ4n) is 3.49. The number of hydrogen-bond donors (Lipinski definition) is 2. The molecule has 1 fully saturated rings. The van der Waals surface area contributed by atoms with E-state index in [0.29, 0.717) is 22.2 Å². The van der Waals surface area contributed by atoms with E-state index in [-0.39, 0.29) is 11.9 Å². The smallest absolute Gasteiger partial charge is 0.137 e. The number of benzene rings is 1. The van der Waals surface area contributed by atoms with Gasteiger partial charge in [0.1, 0.15) is 5.82 Å². The predicted octanol–water partition coefficient (Wildman–Crippen LogP) is 4.16. The summed E-state index contributed by atoms with van der Waals surface area (Å²) >= 11 is 3.19. The summed E-state index contributed by atoms with van der Waals surface area (Å²) in [5.41, 5.74) is 3.83. The Bertz CT molecular complexity index is 428. The van der Waals surface area contributed by atoms with Gasteiger partial charge in [-0.2, -0.15) is 0 Å². The van der Waals surface area contributed by atoms with E-state index in [0.717, 1.165) is 18.4 Å². The molecule has 1 saturated carbocycles. The Kier molecular flexibility index (Phi) is 4.98. The Morgan fingerprint density at radius 3 is 2.42 bits per heavy atom. The molecule has 0 spiro atoms. The maximum Gasteiger partial charge on any atom is 0.137 e. The summed E-state index contributed by atoms with van der Waals surface area (Å²) in [6.07, 6.45) is 3.58. The van der Waals surface area contributed by atoms with Crippen molar-refractivity contribution in [3.05, 3.63) is 34.1 Å². The van der Waals surface area contributed by atoms with Crippen molar-refractivity contribution in [2.24, 2.45) is 23.6 Å². The molecule has 0 radical (unpaired) electrons. The topological polar surface area (TPSA) is 38.0 Å². The summed E-state index contributed by atoms with van der Waals surface area (Å²) in [6, 6.07) is 5.32. The van der Waals surface area contributed by atoms with Gasteiger partial charge in [0.2, 0.25) is 0 Å². The van der Waals surface area contributed by atoms with E-state index in [1.807, 2.05) is 6.07 Å². The van der Waals surface area contributed by atoms with Gasteiger partial charge in [0, 0.05) is 6.04 Å². The van der Waals surface area contributed by atoms with Crippen LogP contribution in [0.2, 0.25) is 0 Å². The van der Waals surface area contributed by atoms with Gasteiger partial charge >= 0.3 is 0 Å². The third-order valence-corrected chi connectivity index (χ3v) is 4.81. The van der Waals surface area contributed by atoms with E-state index in [1.54, 1.807) is 12.1 Å². The molecule has 19 heavy (non-hydrogen) atoms. The van der Waals surface area contributed by atoms with Gasteiger partial charge in [-0.15, -0.1) is 0 Å². The quantitative estimate of drug-likeness (QED) is 0.645. The van der Waals surface area contributed by atoms with Crippen LogP contribution in [0.15, 0.2) is 22.7 Å². The summed E-state index contributed by atoms with van der Waals surface area (Å²) in [5.74, 6) is 7.41. The SMILES string of the molecule is CC1CC(C)CC(C(NN)c2ccc(Br)c(F)c2)C1. The molecule has 0 amide bonds. The number of hydrogen-bond acceptors (Lipinski definition) is 2. The predicted molar refractivity (Wildman–Crippen MR) is 79.8 cm³/mol. The lowest BCUT2D eigenvalue weighted by Crippen LogP contribution is -2.37. The van der Waals surface area contributed by atoms with E-state index in [1.165, 1.54) is 6.42 Å². The monoisotopic (exact) mass is 328 g/mol. The van der Waals surface area contributed by atoms with Gasteiger partial charge < -0.3 is 0 Å². The van der Waals surface area contributed by atoms with E-state index in [9.17, 15) is 4.39 Å². The number of hydrazine groups is 1. The molecule has 0 aromatic heterocycles. The standard InChI is InChI=1S/C15H22BrFN2/c1-9-5-10(2)7-12(6-9)15(19-18)11-3-4-13(16)14(17)8-11/h3-4,8-10,12,15,19H,5-7,18H2,1-2H3. The van der Waals surface area contributed by atoms with Crippen LogP contribution in [0, 0.1) is 23.6 Å². The highest BCUT2D eigenvalue weighted by atomic mass is 79.9. The van der Waals surface area contributed by atoms with Crippen molar-refractivity contribution >= 4 is 15.9 Å². The Hall–Kier alpha value is -0.450. The van der Waals surface area contributed by atoms with Crippen LogP contribution in [0.5, 0.6) is 0 Å². The van der Waals surface area contributed by atoms with Gasteiger partial charge in [0.05, 0.1) is 4.47 Å². The molecular formula is C15H22BrFN2. The maximum absolute atomic E-state index is 13.7. The minimum Gasteiger partial charge on any atom is -0.271 e. The maximum atomic E-state index is 13.7. The summed E-state index contributed by atoms with van der Waals surface area (Å²) < 4.78 is 14.2. The zero-order valence-electron chi connectivity index (χ0n) is 11.5. The van der Waals surface area contributed by atoms with Crippen LogP contribution in [0.3, 0.4) is 0 Å². The molecule has 1 aliphatic rings. The minimum absolute atomic E-state index is 0.0350. The highest BCUT2D eigenvalue weighted by molar-refractivity contribution is 9.10. The van der Waals surface area contributed by atoms with Crippen molar-refractivity contribution in [3.8, 4) is 0 Å². The second kappa shape index (κ2) is 6.33. The van der Waals surface area contributed by atoms with Crippen molar-refractivity contribution < 1.29 is 4.39 Å². The first-order valence-corrected chi connectivity index (χ1v) is 7.71. The molecule has 0 bridgehead atoms. The van der Waals surface area contributed by atoms with Gasteiger partial charge in [-0.25, -0.2) is 4.39 Å². The Morgan fingerprint density at radius 2 is 1.89 bits per heavy atom. The summed E-state index contributed by atoms with van der Waals surface area (Å²) in [7, 11) is 0. The van der Waals surface area contributed by atoms with Gasteiger partial charge in [0.15, 0.2) is 0 Å². The average Bonchev–Trinajstić information content (AvgIpc) is 2.33. The molecule has 3 unspecified atom stereocenters. The molecule has 0 aliphatic heterocycles. The lowest BCUT2D eigenvalue weighted by molar-refractivity contribution is 0.177. The zero-order chi connectivity index (χ0) is 14.0. The van der Waals surface area contributed by atoms with Crippen molar-refractivity contribution in [1.29, 1.82) is 0 Å². The molecule has 2 rings (SSSR count). The lowest BCUT2D eigenvalue weighted by Gasteiger charge is -2.36. The molecule has 2 nitrogen and oxygen atoms in total. The third-order valence-electron chi connectivity index (χ3n) is 4.17. The van der Waals surface area contributed by atoms with Gasteiger partial charge in [-0.1, -0.05) is 19.9 Å². The number of nitrogens with one attached hydrogen (secondary N) is 1. The Balaban J connectivity index is 2.21. The molecule has 106 valence electrons. The van der Waals surface area contributed by atoms with Crippen LogP contribution >= 0.6 is 15.9 Å². The first-order valence-electron chi connectivity index (χ1n) is 6.92. The summed E-state index contributed by atoms with van der Waals surface area (Å²) in [5, 5.41) is 0. The van der Waals surface area contributed by atoms with E-state index in [4.69, 9.17) is 5.84 Å². The van der Waals surface area contributed by atoms with Crippen LogP contribution in [0.25, 0.3) is 0 Å². The molecule has 1 aromatic carbocycles. The lowest BCUT2D eigenvalue weighted by atomic mass is 9.72. The van der Waals surface area contributed by atoms with Crippen LogP contribution in [-0.4, -0.2) is 0 Å². The van der Waals surface area contributed by atoms with Crippen LogP contribution < -0.4 is 11.3 Å². The van der Waals surface area contributed by atoms with E-state index >= 15 is 0 Å². The number of nitrogens with two attached hydrogens (primary N) is 1. The highest BCUT2D eigenvalue weighted by Crippen LogP contribution is 2.39. The van der Waals surface area contributed by atoms with Crippen LogP contribution in [-0.2, 0) is 0 Å². The fourth-order valence-corrected chi connectivity index (χ4v) is 3.74. The van der Waals surface area contributed by atoms with E-state index in [2.05, 4.69) is 35.2 Å². The van der Waals surface area contributed by atoms with Crippen molar-refractivity contribution in [2.75, 3.05) is 0 Å². The summed E-state index contributed by atoms with van der Waals surface area (Å²) in [4.78, 5) is 0. The molecule has 0 heterocycles. The average molecular weight is 329 g/mol.